The van der Waals surface area contributed by atoms with Crippen LogP contribution in [-0.2, 0) is 0 Å². The van der Waals surface area contributed by atoms with Crippen molar-refractivity contribution < 1.29 is 14.7 Å². The van der Waals surface area contributed by atoms with Gasteiger partial charge in [0, 0.05) is 11.0 Å². The van der Waals surface area contributed by atoms with E-state index in [0.717, 1.165) is 12.8 Å². The van der Waals surface area contributed by atoms with Gasteiger partial charge in [-0.25, -0.2) is 9.59 Å². The lowest BCUT2D eigenvalue weighted by Gasteiger charge is -2.16. The molecule has 5 nitrogen and oxygen atoms in total. The third kappa shape index (κ3) is 4.20. The van der Waals surface area contributed by atoms with Crippen molar-refractivity contribution in [1.29, 1.82) is 0 Å². The molecule has 21 heavy (non-hydrogen) atoms. The van der Waals surface area contributed by atoms with Gasteiger partial charge in [0.05, 0.1) is 11.3 Å². The van der Waals surface area contributed by atoms with E-state index in [-0.39, 0.29) is 17.0 Å². The number of carboxylic acids is 1. The highest BCUT2D eigenvalue weighted by molar-refractivity contribution is 9.10. The molecule has 1 aromatic carbocycles. The van der Waals surface area contributed by atoms with Crippen LogP contribution in [0, 0.1) is 5.41 Å². The number of nitrogens with one attached hydrogen (secondary N) is 2. The predicted octanol–water partition coefficient (Wildman–Crippen LogP) is 3.85. The minimum Gasteiger partial charge on any atom is -0.478 e. The van der Waals surface area contributed by atoms with Gasteiger partial charge >= 0.3 is 12.0 Å². The number of aromatic carboxylic acids is 1. The van der Waals surface area contributed by atoms with Gasteiger partial charge < -0.3 is 15.7 Å². The van der Waals surface area contributed by atoms with Crippen molar-refractivity contribution in [3.63, 3.8) is 0 Å². The molecule has 0 unspecified atom stereocenters. The fourth-order valence-corrected chi connectivity index (χ4v) is 2.76. The molecule has 0 spiro atoms. The Morgan fingerprint density at radius 2 is 2.10 bits per heavy atom. The molecule has 1 fully saturated rings. The van der Waals surface area contributed by atoms with Crippen molar-refractivity contribution in [1.82, 2.24) is 5.32 Å². The van der Waals surface area contributed by atoms with E-state index in [4.69, 9.17) is 5.11 Å². The number of carbonyl (C=O) groups is 2. The fraction of sp³-hybridized carbons (Fsp3) is 0.467. The van der Waals surface area contributed by atoms with Gasteiger partial charge in [-0.3, -0.25) is 0 Å². The van der Waals surface area contributed by atoms with Crippen molar-refractivity contribution in [2.45, 2.75) is 32.6 Å². The molecule has 0 radical (unpaired) electrons. The van der Waals surface area contributed by atoms with Gasteiger partial charge in [0.1, 0.15) is 0 Å². The molecule has 0 saturated heterocycles. The lowest BCUT2D eigenvalue weighted by molar-refractivity contribution is 0.0697. The zero-order chi connectivity index (χ0) is 15.5. The molecule has 6 heteroatoms. The maximum atomic E-state index is 11.9. The molecule has 3 N–H and O–H groups in total. The van der Waals surface area contributed by atoms with Crippen LogP contribution in [0.3, 0.4) is 0 Å². The lowest BCUT2D eigenvalue weighted by Crippen LogP contribution is -2.34. The van der Waals surface area contributed by atoms with Gasteiger partial charge in [-0.05, 0) is 58.8 Å². The SMILES string of the molecule is CCCC1(CNC(=O)Nc2cc(C(=O)O)ccc2Br)CC1. The van der Waals surface area contributed by atoms with E-state index in [1.54, 1.807) is 6.07 Å². The molecule has 114 valence electrons. The quantitative estimate of drug-likeness (QED) is 0.725. The molecule has 1 aliphatic carbocycles. The van der Waals surface area contributed by atoms with E-state index >= 15 is 0 Å². The molecular weight excluding hydrogens is 336 g/mol. The van der Waals surface area contributed by atoms with Crippen LogP contribution in [0.15, 0.2) is 22.7 Å². The van der Waals surface area contributed by atoms with E-state index in [9.17, 15) is 9.59 Å². The number of urea groups is 1. The number of amides is 2. The molecule has 1 aromatic rings. The fourth-order valence-electron chi connectivity index (χ4n) is 2.41. The summed E-state index contributed by atoms with van der Waals surface area (Å²) in [5, 5.41) is 14.5. The topological polar surface area (TPSA) is 78.4 Å². The summed E-state index contributed by atoms with van der Waals surface area (Å²) < 4.78 is 0.650. The van der Waals surface area contributed by atoms with Gasteiger partial charge in [0.25, 0.3) is 0 Å². The van der Waals surface area contributed by atoms with E-state index in [2.05, 4.69) is 33.5 Å². The van der Waals surface area contributed by atoms with Crippen LogP contribution in [0.1, 0.15) is 43.0 Å². The van der Waals surface area contributed by atoms with Crippen molar-refractivity contribution in [3.05, 3.63) is 28.2 Å². The Hall–Kier alpha value is -1.56. The minimum atomic E-state index is -1.02. The normalized spacial score (nSPS) is 15.3. The first-order chi connectivity index (χ1) is 9.96. The molecule has 0 aromatic heterocycles. The van der Waals surface area contributed by atoms with Crippen LogP contribution in [0.4, 0.5) is 10.5 Å². The van der Waals surface area contributed by atoms with Crippen molar-refractivity contribution in [3.8, 4) is 0 Å². The summed E-state index contributed by atoms with van der Waals surface area (Å²) in [4.78, 5) is 22.9. The number of carbonyl (C=O) groups excluding carboxylic acids is 1. The molecule has 0 aliphatic heterocycles. The Balaban J connectivity index is 1.93. The third-order valence-electron chi connectivity index (χ3n) is 3.82. The van der Waals surface area contributed by atoms with Gasteiger partial charge in [0.15, 0.2) is 0 Å². The molecule has 2 rings (SSSR count). The molecule has 0 atom stereocenters. The molecular formula is C15H19BrN2O3. The summed E-state index contributed by atoms with van der Waals surface area (Å²) in [5.74, 6) is -1.02. The maximum Gasteiger partial charge on any atom is 0.335 e. The largest absolute Gasteiger partial charge is 0.478 e. The van der Waals surface area contributed by atoms with Crippen molar-refractivity contribution >= 4 is 33.6 Å². The Bertz CT molecular complexity index is 556. The monoisotopic (exact) mass is 354 g/mol. The average Bonchev–Trinajstić information content (AvgIpc) is 3.19. The van der Waals surface area contributed by atoms with Gasteiger partial charge in [-0.1, -0.05) is 13.3 Å². The first kappa shape index (κ1) is 15.8. The standard InChI is InChI=1S/C15H19BrN2O3/c1-2-5-15(6-7-15)9-17-14(21)18-12-8-10(13(19)20)3-4-11(12)16/h3-4,8H,2,5-7,9H2,1H3,(H,19,20)(H2,17,18,21). The molecule has 0 heterocycles. The zero-order valence-electron chi connectivity index (χ0n) is 11.9. The molecule has 1 aliphatic rings. The second-order valence-electron chi connectivity index (χ2n) is 5.56. The Labute approximate surface area is 132 Å². The maximum absolute atomic E-state index is 11.9. The molecule has 0 bridgehead atoms. The van der Waals surface area contributed by atoms with Crippen LogP contribution in [0.2, 0.25) is 0 Å². The number of halogens is 1. The van der Waals surface area contributed by atoms with E-state index in [0.29, 0.717) is 16.7 Å². The average molecular weight is 355 g/mol. The summed E-state index contributed by atoms with van der Waals surface area (Å²) in [6.45, 7) is 2.82. The number of rotatable bonds is 6. The smallest absolute Gasteiger partial charge is 0.335 e. The Morgan fingerprint density at radius 1 is 1.38 bits per heavy atom. The van der Waals surface area contributed by atoms with E-state index in [1.807, 2.05) is 0 Å². The summed E-state index contributed by atoms with van der Waals surface area (Å²) in [7, 11) is 0. The van der Waals surface area contributed by atoms with Crippen LogP contribution in [-0.4, -0.2) is 23.7 Å². The second kappa shape index (κ2) is 6.47. The summed E-state index contributed by atoms with van der Waals surface area (Å²) in [6, 6.07) is 4.22. The third-order valence-corrected chi connectivity index (χ3v) is 4.51. The molecule has 1 saturated carbocycles. The molecule has 2 amide bonds. The summed E-state index contributed by atoms with van der Waals surface area (Å²) >= 11 is 3.30. The van der Waals surface area contributed by atoms with Crippen LogP contribution >= 0.6 is 15.9 Å². The first-order valence-electron chi connectivity index (χ1n) is 7.03. The van der Waals surface area contributed by atoms with Crippen LogP contribution in [0.25, 0.3) is 0 Å². The van der Waals surface area contributed by atoms with E-state index < -0.39 is 5.97 Å². The first-order valence-corrected chi connectivity index (χ1v) is 7.83. The highest BCUT2D eigenvalue weighted by Gasteiger charge is 2.41. The highest BCUT2D eigenvalue weighted by Crippen LogP contribution is 2.48. The predicted molar refractivity (Wildman–Crippen MR) is 84.7 cm³/mol. The Kier molecular flexibility index (Phi) is 4.88. The second-order valence-corrected chi connectivity index (χ2v) is 6.41. The van der Waals surface area contributed by atoms with Crippen LogP contribution < -0.4 is 10.6 Å². The number of hydrogen-bond acceptors (Lipinski definition) is 2. The number of benzene rings is 1. The number of hydrogen-bond donors (Lipinski definition) is 3. The van der Waals surface area contributed by atoms with Gasteiger partial charge in [-0.15, -0.1) is 0 Å². The summed E-state index contributed by atoms with van der Waals surface area (Å²) in [5.41, 5.74) is 0.873. The van der Waals surface area contributed by atoms with Gasteiger partial charge in [-0.2, -0.15) is 0 Å². The minimum absolute atomic E-state index is 0.137. The number of anilines is 1. The van der Waals surface area contributed by atoms with E-state index in [1.165, 1.54) is 25.0 Å². The van der Waals surface area contributed by atoms with Crippen molar-refractivity contribution in [2.24, 2.45) is 5.41 Å². The van der Waals surface area contributed by atoms with Crippen molar-refractivity contribution in [2.75, 3.05) is 11.9 Å². The van der Waals surface area contributed by atoms with Gasteiger partial charge in [0.2, 0.25) is 0 Å². The lowest BCUT2D eigenvalue weighted by atomic mass is 10.0. The zero-order valence-corrected chi connectivity index (χ0v) is 13.5. The summed E-state index contributed by atoms with van der Waals surface area (Å²) in [6.07, 6.45) is 4.58. The number of carboxylic acid groups (broad SMARTS) is 1. The Morgan fingerprint density at radius 3 is 2.67 bits per heavy atom. The highest BCUT2D eigenvalue weighted by atomic mass is 79.9. The van der Waals surface area contributed by atoms with Crippen LogP contribution in [0.5, 0.6) is 0 Å².